The van der Waals surface area contributed by atoms with Crippen LogP contribution in [0.2, 0.25) is 0 Å². The molecule has 1 aliphatic rings. The number of hydrogen-bond donors (Lipinski definition) is 1. The zero-order valence-corrected chi connectivity index (χ0v) is 11.8. The number of rotatable bonds is 4. The minimum atomic E-state index is 0.00374. The number of nitrogens with two attached hydrogens (primary N) is 1. The van der Waals surface area contributed by atoms with Crippen molar-refractivity contribution in [2.75, 3.05) is 0 Å². The molecule has 1 aliphatic carbocycles. The maximum atomic E-state index is 5.96. The maximum Gasteiger partial charge on any atom is 0.145 e. The molecule has 0 spiro atoms. The lowest BCUT2D eigenvalue weighted by Gasteiger charge is -2.10. The Labute approximate surface area is 119 Å². The molecule has 0 aliphatic heterocycles. The van der Waals surface area contributed by atoms with Crippen molar-refractivity contribution < 1.29 is 4.74 Å². The van der Waals surface area contributed by atoms with Gasteiger partial charge in [-0.3, -0.25) is 4.98 Å². The Hall–Kier alpha value is -1.87. The molecule has 0 radical (unpaired) electrons. The van der Waals surface area contributed by atoms with Crippen molar-refractivity contribution in [1.29, 1.82) is 0 Å². The van der Waals surface area contributed by atoms with E-state index in [2.05, 4.69) is 24.0 Å². The van der Waals surface area contributed by atoms with Crippen LogP contribution in [0.1, 0.15) is 42.6 Å². The molecule has 2 N–H and O–H groups in total. The average molecular weight is 268 g/mol. The first-order valence-corrected chi connectivity index (χ1v) is 7.27. The monoisotopic (exact) mass is 268 g/mol. The van der Waals surface area contributed by atoms with Crippen molar-refractivity contribution in [3.63, 3.8) is 0 Å². The van der Waals surface area contributed by atoms with Crippen LogP contribution in [0.5, 0.6) is 11.5 Å². The third-order valence-electron chi connectivity index (χ3n) is 3.88. The zero-order valence-electron chi connectivity index (χ0n) is 11.8. The first-order chi connectivity index (χ1) is 9.76. The standard InChI is InChI=1S/C17H20N2O/c1-2-16(18)17-9-8-15(11-19-17)20-14-7-6-12-4-3-5-13(12)10-14/h6-11,16H,2-5,18H2,1H3/t16-/m0/s1. The van der Waals surface area contributed by atoms with Gasteiger partial charge in [0.2, 0.25) is 0 Å². The third-order valence-corrected chi connectivity index (χ3v) is 3.88. The molecule has 0 bridgehead atoms. The number of ether oxygens (including phenoxy) is 1. The second-order valence-electron chi connectivity index (χ2n) is 5.32. The van der Waals surface area contributed by atoms with Crippen LogP contribution in [-0.2, 0) is 12.8 Å². The van der Waals surface area contributed by atoms with Crippen LogP contribution in [-0.4, -0.2) is 4.98 Å². The van der Waals surface area contributed by atoms with E-state index in [0.717, 1.165) is 30.0 Å². The van der Waals surface area contributed by atoms with Crippen LogP contribution in [0.25, 0.3) is 0 Å². The molecule has 3 nitrogen and oxygen atoms in total. The van der Waals surface area contributed by atoms with Gasteiger partial charge < -0.3 is 10.5 Å². The number of nitrogens with zero attached hydrogens (tertiary/aromatic N) is 1. The molecule has 1 aromatic carbocycles. The quantitative estimate of drug-likeness (QED) is 0.918. The van der Waals surface area contributed by atoms with Gasteiger partial charge in [0, 0.05) is 6.04 Å². The molecule has 2 aromatic rings. The highest BCUT2D eigenvalue weighted by Gasteiger charge is 2.11. The molecule has 3 heteroatoms. The highest BCUT2D eigenvalue weighted by atomic mass is 16.5. The number of pyridine rings is 1. The van der Waals surface area contributed by atoms with E-state index >= 15 is 0 Å². The Morgan fingerprint density at radius 2 is 1.95 bits per heavy atom. The van der Waals surface area contributed by atoms with E-state index in [4.69, 9.17) is 10.5 Å². The van der Waals surface area contributed by atoms with Crippen molar-refractivity contribution in [3.8, 4) is 11.5 Å². The molecule has 3 rings (SSSR count). The van der Waals surface area contributed by atoms with Crippen molar-refractivity contribution >= 4 is 0 Å². The van der Waals surface area contributed by atoms with E-state index in [0.29, 0.717) is 0 Å². The topological polar surface area (TPSA) is 48.1 Å². The van der Waals surface area contributed by atoms with E-state index in [9.17, 15) is 0 Å². The average Bonchev–Trinajstić information content (AvgIpc) is 2.95. The predicted octanol–water partition coefficient (Wildman–Crippen LogP) is 3.77. The highest BCUT2D eigenvalue weighted by Crippen LogP contribution is 2.29. The van der Waals surface area contributed by atoms with Gasteiger partial charge in [-0.25, -0.2) is 0 Å². The van der Waals surface area contributed by atoms with Gasteiger partial charge in [-0.1, -0.05) is 13.0 Å². The largest absolute Gasteiger partial charge is 0.456 e. The van der Waals surface area contributed by atoms with E-state index in [1.54, 1.807) is 6.20 Å². The minimum absolute atomic E-state index is 0.00374. The second-order valence-corrected chi connectivity index (χ2v) is 5.32. The molecule has 1 aromatic heterocycles. The summed E-state index contributed by atoms with van der Waals surface area (Å²) >= 11 is 0. The number of fused-ring (bicyclic) bond motifs is 1. The van der Waals surface area contributed by atoms with Crippen molar-refractivity contribution in [1.82, 2.24) is 4.98 Å². The van der Waals surface area contributed by atoms with E-state index < -0.39 is 0 Å². The number of aryl methyl sites for hydroxylation is 2. The summed E-state index contributed by atoms with van der Waals surface area (Å²) in [7, 11) is 0. The van der Waals surface area contributed by atoms with Crippen LogP contribution >= 0.6 is 0 Å². The van der Waals surface area contributed by atoms with Gasteiger partial charge in [-0.05, 0) is 61.1 Å². The molecule has 0 saturated heterocycles. The Kier molecular flexibility index (Phi) is 3.70. The Bertz CT molecular complexity index is 592. The predicted molar refractivity (Wildman–Crippen MR) is 80.0 cm³/mol. The van der Waals surface area contributed by atoms with E-state index in [1.165, 1.54) is 24.0 Å². The van der Waals surface area contributed by atoms with Gasteiger partial charge in [0.25, 0.3) is 0 Å². The fourth-order valence-corrected chi connectivity index (χ4v) is 2.63. The van der Waals surface area contributed by atoms with Crippen molar-refractivity contribution in [3.05, 3.63) is 53.3 Å². The van der Waals surface area contributed by atoms with Gasteiger partial charge in [0.1, 0.15) is 11.5 Å². The van der Waals surface area contributed by atoms with Gasteiger partial charge >= 0.3 is 0 Å². The molecule has 1 atom stereocenters. The Morgan fingerprint density at radius 3 is 2.70 bits per heavy atom. The van der Waals surface area contributed by atoms with Gasteiger partial charge in [-0.2, -0.15) is 0 Å². The van der Waals surface area contributed by atoms with Gasteiger partial charge in [-0.15, -0.1) is 0 Å². The smallest absolute Gasteiger partial charge is 0.145 e. The number of hydrogen-bond acceptors (Lipinski definition) is 3. The number of benzene rings is 1. The molecular weight excluding hydrogens is 248 g/mol. The van der Waals surface area contributed by atoms with E-state index in [-0.39, 0.29) is 6.04 Å². The summed E-state index contributed by atoms with van der Waals surface area (Å²) in [5.41, 5.74) is 9.74. The molecular formula is C17H20N2O. The number of aromatic nitrogens is 1. The lowest BCUT2D eigenvalue weighted by molar-refractivity contribution is 0.478. The van der Waals surface area contributed by atoms with E-state index in [1.807, 2.05) is 18.2 Å². The normalized spacial score (nSPS) is 14.9. The molecule has 0 unspecified atom stereocenters. The summed E-state index contributed by atoms with van der Waals surface area (Å²) in [6.07, 6.45) is 6.25. The Morgan fingerprint density at radius 1 is 1.15 bits per heavy atom. The first kappa shape index (κ1) is 13.1. The van der Waals surface area contributed by atoms with Crippen LogP contribution in [0.4, 0.5) is 0 Å². The molecule has 20 heavy (non-hydrogen) atoms. The zero-order chi connectivity index (χ0) is 13.9. The SMILES string of the molecule is CC[C@H](N)c1ccc(Oc2ccc3c(c2)CCC3)cn1. The lowest BCUT2D eigenvalue weighted by Crippen LogP contribution is -2.10. The molecule has 0 fully saturated rings. The third kappa shape index (κ3) is 2.68. The van der Waals surface area contributed by atoms with Gasteiger partial charge in [0.15, 0.2) is 0 Å². The second kappa shape index (κ2) is 5.63. The van der Waals surface area contributed by atoms with Crippen molar-refractivity contribution in [2.45, 2.75) is 38.6 Å². The summed E-state index contributed by atoms with van der Waals surface area (Å²) in [6, 6.07) is 10.2. The molecule has 104 valence electrons. The summed E-state index contributed by atoms with van der Waals surface area (Å²) in [5, 5.41) is 0. The summed E-state index contributed by atoms with van der Waals surface area (Å²) in [6.45, 7) is 2.06. The summed E-state index contributed by atoms with van der Waals surface area (Å²) in [5.74, 6) is 1.65. The maximum absolute atomic E-state index is 5.96. The molecule has 0 saturated carbocycles. The highest BCUT2D eigenvalue weighted by molar-refractivity contribution is 5.40. The van der Waals surface area contributed by atoms with Crippen LogP contribution < -0.4 is 10.5 Å². The molecule has 0 amide bonds. The fraction of sp³-hybridized carbons (Fsp3) is 0.353. The minimum Gasteiger partial charge on any atom is -0.456 e. The van der Waals surface area contributed by atoms with Crippen LogP contribution in [0.15, 0.2) is 36.5 Å². The summed E-state index contributed by atoms with van der Waals surface area (Å²) in [4.78, 5) is 4.37. The first-order valence-electron chi connectivity index (χ1n) is 7.27. The van der Waals surface area contributed by atoms with Crippen molar-refractivity contribution in [2.24, 2.45) is 5.73 Å². The van der Waals surface area contributed by atoms with Crippen LogP contribution in [0.3, 0.4) is 0 Å². The van der Waals surface area contributed by atoms with Gasteiger partial charge in [0.05, 0.1) is 11.9 Å². The lowest BCUT2D eigenvalue weighted by atomic mass is 10.1. The Balaban J connectivity index is 1.74. The molecule has 1 heterocycles. The fourth-order valence-electron chi connectivity index (χ4n) is 2.63. The van der Waals surface area contributed by atoms with Crippen LogP contribution in [0, 0.1) is 0 Å². The summed E-state index contributed by atoms with van der Waals surface area (Å²) < 4.78 is 5.87.